The zero-order valence-electron chi connectivity index (χ0n) is 9.18. The second kappa shape index (κ2) is 5.61. The van der Waals surface area contributed by atoms with Crippen molar-refractivity contribution in [3.05, 3.63) is 0 Å². The quantitative estimate of drug-likeness (QED) is 0.709. The summed E-state index contributed by atoms with van der Waals surface area (Å²) in [7, 11) is 0. The Labute approximate surface area is 82.0 Å². The van der Waals surface area contributed by atoms with E-state index in [2.05, 4.69) is 26.1 Å². The lowest BCUT2D eigenvalue weighted by atomic mass is 10.1. The largest absolute Gasteiger partial charge is 0.377 e. The summed E-state index contributed by atoms with van der Waals surface area (Å²) < 4.78 is 5.78. The van der Waals surface area contributed by atoms with Crippen LogP contribution >= 0.6 is 0 Å². The van der Waals surface area contributed by atoms with Gasteiger partial charge in [-0.2, -0.15) is 0 Å². The van der Waals surface area contributed by atoms with Gasteiger partial charge in [0, 0.05) is 19.2 Å². The first kappa shape index (κ1) is 11.0. The fraction of sp³-hybridized carbons (Fsp3) is 1.00. The molecule has 0 bridgehead atoms. The summed E-state index contributed by atoms with van der Waals surface area (Å²) >= 11 is 0. The molecular formula is C11H23NO. The topological polar surface area (TPSA) is 21.3 Å². The third-order valence-electron chi connectivity index (χ3n) is 2.48. The molecule has 1 N–H and O–H groups in total. The van der Waals surface area contributed by atoms with Gasteiger partial charge in [0.15, 0.2) is 0 Å². The van der Waals surface area contributed by atoms with Crippen LogP contribution in [-0.4, -0.2) is 25.3 Å². The Balaban J connectivity index is 2.10. The molecule has 1 rings (SSSR count). The van der Waals surface area contributed by atoms with Crippen molar-refractivity contribution in [2.75, 3.05) is 13.2 Å². The standard InChI is InChI=1S/C11H23NO/c1-4-5-10-6-11(7-12-10)13-8-9(2)3/h9-12H,4-8H2,1-3H3/t10-,11+/m1/s1. The predicted octanol–water partition coefficient (Wildman–Crippen LogP) is 2.19. The maximum Gasteiger partial charge on any atom is 0.0714 e. The number of rotatable bonds is 5. The van der Waals surface area contributed by atoms with Crippen LogP contribution in [-0.2, 0) is 4.74 Å². The van der Waals surface area contributed by atoms with Crippen molar-refractivity contribution >= 4 is 0 Å². The summed E-state index contributed by atoms with van der Waals surface area (Å²) in [5, 5.41) is 3.51. The van der Waals surface area contributed by atoms with E-state index in [0.717, 1.165) is 13.2 Å². The van der Waals surface area contributed by atoms with E-state index in [-0.39, 0.29) is 0 Å². The first-order valence-electron chi connectivity index (χ1n) is 5.57. The van der Waals surface area contributed by atoms with Crippen LogP contribution in [0.15, 0.2) is 0 Å². The van der Waals surface area contributed by atoms with Crippen molar-refractivity contribution in [3.63, 3.8) is 0 Å². The number of hydrogen-bond acceptors (Lipinski definition) is 2. The van der Waals surface area contributed by atoms with Gasteiger partial charge in [0.05, 0.1) is 6.10 Å². The number of nitrogens with one attached hydrogen (secondary N) is 1. The highest BCUT2D eigenvalue weighted by Gasteiger charge is 2.23. The van der Waals surface area contributed by atoms with E-state index in [1.165, 1.54) is 19.3 Å². The molecule has 0 radical (unpaired) electrons. The molecule has 2 atom stereocenters. The Morgan fingerprint density at radius 2 is 2.23 bits per heavy atom. The fourth-order valence-corrected chi connectivity index (χ4v) is 1.81. The lowest BCUT2D eigenvalue weighted by Gasteiger charge is -2.12. The van der Waals surface area contributed by atoms with Gasteiger partial charge in [0.1, 0.15) is 0 Å². The third-order valence-corrected chi connectivity index (χ3v) is 2.48. The van der Waals surface area contributed by atoms with E-state index in [0.29, 0.717) is 18.1 Å². The van der Waals surface area contributed by atoms with Gasteiger partial charge in [-0.05, 0) is 18.8 Å². The minimum atomic E-state index is 0.471. The van der Waals surface area contributed by atoms with Crippen LogP contribution in [0.25, 0.3) is 0 Å². The van der Waals surface area contributed by atoms with Crippen molar-refractivity contribution in [3.8, 4) is 0 Å². The summed E-state index contributed by atoms with van der Waals surface area (Å²) in [4.78, 5) is 0. The van der Waals surface area contributed by atoms with Gasteiger partial charge in [-0.1, -0.05) is 27.2 Å². The van der Waals surface area contributed by atoms with Crippen molar-refractivity contribution < 1.29 is 4.74 Å². The molecule has 0 unspecified atom stereocenters. The maximum absolute atomic E-state index is 5.78. The van der Waals surface area contributed by atoms with Crippen LogP contribution < -0.4 is 5.32 Å². The molecule has 1 aliphatic heterocycles. The Bertz CT molecular complexity index is 136. The predicted molar refractivity (Wildman–Crippen MR) is 55.9 cm³/mol. The van der Waals surface area contributed by atoms with E-state index in [1.807, 2.05) is 0 Å². The molecule has 1 heterocycles. The molecule has 1 aliphatic rings. The molecule has 0 saturated carbocycles. The average molecular weight is 185 g/mol. The van der Waals surface area contributed by atoms with Crippen molar-refractivity contribution in [2.45, 2.75) is 52.2 Å². The molecule has 1 saturated heterocycles. The molecule has 2 nitrogen and oxygen atoms in total. The fourth-order valence-electron chi connectivity index (χ4n) is 1.81. The molecule has 0 aromatic heterocycles. The van der Waals surface area contributed by atoms with Gasteiger partial charge in [0.2, 0.25) is 0 Å². The minimum absolute atomic E-state index is 0.471. The van der Waals surface area contributed by atoms with Gasteiger partial charge in [-0.3, -0.25) is 0 Å². The van der Waals surface area contributed by atoms with Crippen molar-refractivity contribution in [2.24, 2.45) is 5.92 Å². The van der Waals surface area contributed by atoms with Gasteiger partial charge in [0.25, 0.3) is 0 Å². The van der Waals surface area contributed by atoms with E-state index < -0.39 is 0 Å². The minimum Gasteiger partial charge on any atom is -0.377 e. The van der Waals surface area contributed by atoms with Gasteiger partial charge >= 0.3 is 0 Å². The first-order chi connectivity index (χ1) is 6.22. The molecule has 0 aliphatic carbocycles. The monoisotopic (exact) mass is 185 g/mol. The van der Waals surface area contributed by atoms with Crippen LogP contribution in [0.1, 0.15) is 40.0 Å². The van der Waals surface area contributed by atoms with E-state index in [4.69, 9.17) is 4.74 Å². The second-order valence-corrected chi connectivity index (χ2v) is 4.48. The zero-order chi connectivity index (χ0) is 9.68. The van der Waals surface area contributed by atoms with E-state index in [1.54, 1.807) is 0 Å². The lowest BCUT2D eigenvalue weighted by molar-refractivity contribution is 0.0470. The molecule has 13 heavy (non-hydrogen) atoms. The Kier molecular flexibility index (Phi) is 4.74. The smallest absolute Gasteiger partial charge is 0.0714 e. The van der Waals surface area contributed by atoms with Crippen LogP contribution in [0, 0.1) is 5.92 Å². The molecule has 0 aromatic rings. The summed E-state index contributed by atoms with van der Waals surface area (Å²) in [6.45, 7) is 8.60. The molecule has 1 fully saturated rings. The number of ether oxygens (including phenoxy) is 1. The summed E-state index contributed by atoms with van der Waals surface area (Å²) in [5.74, 6) is 0.658. The highest BCUT2D eigenvalue weighted by Crippen LogP contribution is 2.15. The molecule has 0 amide bonds. The maximum atomic E-state index is 5.78. The van der Waals surface area contributed by atoms with Crippen LogP contribution in [0.2, 0.25) is 0 Å². The second-order valence-electron chi connectivity index (χ2n) is 4.48. The molecule has 0 spiro atoms. The zero-order valence-corrected chi connectivity index (χ0v) is 9.18. The highest BCUT2D eigenvalue weighted by atomic mass is 16.5. The molecule has 2 heteroatoms. The average Bonchev–Trinajstić information content (AvgIpc) is 2.50. The lowest BCUT2D eigenvalue weighted by Crippen LogP contribution is -2.21. The van der Waals surface area contributed by atoms with E-state index in [9.17, 15) is 0 Å². The number of hydrogen-bond donors (Lipinski definition) is 1. The van der Waals surface area contributed by atoms with Gasteiger partial charge in [-0.25, -0.2) is 0 Å². The summed E-state index contributed by atoms with van der Waals surface area (Å²) in [5.41, 5.74) is 0. The SMILES string of the molecule is CCC[C@@H]1C[C@H](OCC(C)C)CN1. The molecule has 0 aromatic carbocycles. The summed E-state index contributed by atoms with van der Waals surface area (Å²) in [6, 6.07) is 0.710. The van der Waals surface area contributed by atoms with Crippen LogP contribution in [0.4, 0.5) is 0 Å². The van der Waals surface area contributed by atoms with Crippen LogP contribution in [0.5, 0.6) is 0 Å². The Hall–Kier alpha value is -0.0800. The summed E-state index contributed by atoms with van der Waals surface area (Å²) in [6.07, 6.45) is 4.25. The Morgan fingerprint density at radius 1 is 1.46 bits per heavy atom. The van der Waals surface area contributed by atoms with Crippen LogP contribution in [0.3, 0.4) is 0 Å². The van der Waals surface area contributed by atoms with E-state index >= 15 is 0 Å². The van der Waals surface area contributed by atoms with Gasteiger partial charge in [-0.15, -0.1) is 0 Å². The van der Waals surface area contributed by atoms with Gasteiger partial charge < -0.3 is 10.1 Å². The molecular weight excluding hydrogens is 162 g/mol. The van der Waals surface area contributed by atoms with Crippen molar-refractivity contribution in [1.29, 1.82) is 0 Å². The van der Waals surface area contributed by atoms with Crippen molar-refractivity contribution in [1.82, 2.24) is 5.32 Å². The highest BCUT2D eigenvalue weighted by molar-refractivity contribution is 4.81. The molecule has 78 valence electrons. The normalized spacial score (nSPS) is 28.6. The third kappa shape index (κ3) is 4.10. The first-order valence-corrected chi connectivity index (χ1v) is 5.57. The Morgan fingerprint density at radius 3 is 2.85 bits per heavy atom.